The second kappa shape index (κ2) is 6.93. The van der Waals surface area contributed by atoms with Crippen molar-refractivity contribution in [1.29, 1.82) is 0 Å². The van der Waals surface area contributed by atoms with Crippen LogP contribution in [0, 0.1) is 0 Å². The first-order valence-corrected chi connectivity index (χ1v) is 8.43. The molecule has 1 atom stereocenters. The lowest BCUT2D eigenvalue weighted by atomic mass is 9.83. The van der Waals surface area contributed by atoms with Crippen LogP contribution in [0.25, 0.3) is 0 Å². The Labute approximate surface area is 130 Å². The van der Waals surface area contributed by atoms with E-state index in [1.807, 2.05) is 0 Å². The molecule has 1 fully saturated rings. The van der Waals surface area contributed by atoms with Crippen LogP contribution in [-0.2, 0) is 6.42 Å². The van der Waals surface area contributed by atoms with Gasteiger partial charge in [-0.25, -0.2) is 0 Å². The van der Waals surface area contributed by atoms with Crippen molar-refractivity contribution in [3.8, 4) is 0 Å². The van der Waals surface area contributed by atoms with E-state index in [9.17, 15) is 0 Å². The van der Waals surface area contributed by atoms with Gasteiger partial charge in [-0.15, -0.1) is 0 Å². The van der Waals surface area contributed by atoms with Crippen molar-refractivity contribution in [3.63, 3.8) is 0 Å². The van der Waals surface area contributed by atoms with E-state index in [0.29, 0.717) is 17.5 Å². The highest BCUT2D eigenvalue weighted by molar-refractivity contribution is 5.26. The lowest BCUT2D eigenvalue weighted by Crippen LogP contribution is -2.57. The van der Waals surface area contributed by atoms with Gasteiger partial charge in [0.1, 0.15) is 0 Å². The summed E-state index contributed by atoms with van der Waals surface area (Å²) in [6, 6.07) is 9.75. The molecule has 1 unspecified atom stereocenters. The molecule has 2 heteroatoms. The topological polar surface area (TPSA) is 15.3 Å². The highest BCUT2D eigenvalue weighted by Crippen LogP contribution is 2.37. The molecule has 0 saturated heterocycles. The first kappa shape index (κ1) is 16.5. The molecule has 1 saturated carbocycles. The summed E-state index contributed by atoms with van der Waals surface area (Å²) in [6.45, 7) is 4.51. The third-order valence-electron chi connectivity index (χ3n) is 5.44. The van der Waals surface area contributed by atoms with Crippen molar-refractivity contribution in [2.45, 2.75) is 63.5 Å². The summed E-state index contributed by atoms with van der Waals surface area (Å²) in [7, 11) is 6.62. The van der Waals surface area contributed by atoms with Gasteiger partial charge in [-0.1, -0.05) is 51.0 Å². The molecule has 0 heterocycles. The number of nitrogens with zero attached hydrogens (tertiary/aromatic N) is 1. The maximum Gasteiger partial charge on any atom is 0.0359 e. The van der Waals surface area contributed by atoms with Crippen LogP contribution in [0.1, 0.15) is 56.6 Å². The SMILES string of the molecule is CNC(Cc1ccc(C(C)C)cc1)C1(N(C)C)CCCC1. The Morgan fingerprint density at radius 2 is 1.67 bits per heavy atom. The summed E-state index contributed by atoms with van der Waals surface area (Å²) in [5.41, 5.74) is 3.21. The molecule has 2 nitrogen and oxygen atoms in total. The standard InChI is InChI=1S/C19H32N2/c1-15(2)17-10-8-16(9-11-17)14-18(20-3)19(21(4)5)12-6-7-13-19/h8-11,15,18,20H,6-7,12-14H2,1-5H3. The van der Waals surface area contributed by atoms with Crippen LogP contribution in [0.3, 0.4) is 0 Å². The number of rotatable bonds is 6. The molecule has 1 aromatic carbocycles. The number of hydrogen-bond donors (Lipinski definition) is 1. The lowest BCUT2D eigenvalue weighted by Gasteiger charge is -2.43. The quantitative estimate of drug-likeness (QED) is 0.856. The van der Waals surface area contributed by atoms with Crippen molar-refractivity contribution in [2.75, 3.05) is 21.1 Å². The molecule has 21 heavy (non-hydrogen) atoms. The number of nitrogens with one attached hydrogen (secondary N) is 1. The minimum Gasteiger partial charge on any atom is -0.315 e. The van der Waals surface area contributed by atoms with E-state index in [4.69, 9.17) is 0 Å². The Hall–Kier alpha value is -0.860. The Kier molecular flexibility index (Phi) is 5.45. The first-order valence-electron chi connectivity index (χ1n) is 8.43. The third-order valence-corrected chi connectivity index (χ3v) is 5.44. The van der Waals surface area contributed by atoms with Gasteiger partial charge in [-0.2, -0.15) is 0 Å². The van der Waals surface area contributed by atoms with Gasteiger partial charge in [0.2, 0.25) is 0 Å². The zero-order valence-electron chi connectivity index (χ0n) is 14.4. The maximum absolute atomic E-state index is 3.61. The van der Waals surface area contributed by atoms with E-state index >= 15 is 0 Å². The van der Waals surface area contributed by atoms with Crippen LogP contribution in [-0.4, -0.2) is 37.6 Å². The largest absolute Gasteiger partial charge is 0.315 e. The minimum absolute atomic E-state index is 0.325. The zero-order chi connectivity index (χ0) is 15.5. The molecule has 0 aromatic heterocycles. The molecule has 0 radical (unpaired) electrons. The van der Waals surface area contributed by atoms with E-state index in [0.717, 1.165) is 6.42 Å². The smallest absolute Gasteiger partial charge is 0.0359 e. The molecule has 0 amide bonds. The van der Waals surface area contributed by atoms with Crippen LogP contribution in [0.4, 0.5) is 0 Å². The monoisotopic (exact) mass is 288 g/mol. The lowest BCUT2D eigenvalue weighted by molar-refractivity contribution is 0.108. The average Bonchev–Trinajstić information content (AvgIpc) is 2.96. The van der Waals surface area contributed by atoms with E-state index in [-0.39, 0.29) is 0 Å². The Morgan fingerprint density at radius 3 is 2.10 bits per heavy atom. The summed E-state index contributed by atoms with van der Waals surface area (Å²) in [4.78, 5) is 2.46. The van der Waals surface area contributed by atoms with Gasteiger partial charge in [0.05, 0.1) is 0 Å². The van der Waals surface area contributed by atoms with Crippen LogP contribution in [0.5, 0.6) is 0 Å². The molecule has 1 aromatic rings. The van der Waals surface area contributed by atoms with Gasteiger partial charge < -0.3 is 10.2 Å². The molecule has 1 N–H and O–H groups in total. The minimum atomic E-state index is 0.325. The van der Waals surface area contributed by atoms with Crippen molar-refractivity contribution in [3.05, 3.63) is 35.4 Å². The molecule has 0 spiro atoms. The van der Waals surface area contributed by atoms with Crippen LogP contribution < -0.4 is 5.32 Å². The summed E-state index contributed by atoms with van der Waals surface area (Å²) >= 11 is 0. The second-order valence-electron chi connectivity index (χ2n) is 7.15. The Bertz CT molecular complexity index is 427. The van der Waals surface area contributed by atoms with Crippen LogP contribution in [0.2, 0.25) is 0 Å². The fourth-order valence-electron chi connectivity index (χ4n) is 3.93. The highest BCUT2D eigenvalue weighted by atomic mass is 15.2. The van der Waals surface area contributed by atoms with Gasteiger partial charge in [0.15, 0.2) is 0 Å². The second-order valence-corrected chi connectivity index (χ2v) is 7.15. The molecular weight excluding hydrogens is 256 g/mol. The van der Waals surface area contributed by atoms with Gasteiger partial charge in [-0.05, 0) is 57.5 Å². The number of benzene rings is 1. The van der Waals surface area contributed by atoms with E-state index in [2.05, 4.69) is 69.5 Å². The van der Waals surface area contributed by atoms with Gasteiger partial charge in [-0.3, -0.25) is 0 Å². The summed E-state index contributed by atoms with van der Waals surface area (Å²) in [5.74, 6) is 0.613. The first-order chi connectivity index (χ1) is 9.99. The van der Waals surface area contributed by atoms with Crippen LogP contribution in [0.15, 0.2) is 24.3 Å². The van der Waals surface area contributed by atoms with Crippen molar-refractivity contribution >= 4 is 0 Å². The summed E-state index contributed by atoms with van der Waals surface area (Å²) < 4.78 is 0. The summed E-state index contributed by atoms with van der Waals surface area (Å²) in [5, 5.41) is 3.61. The molecule has 2 rings (SSSR count). The molecule has 0 aliphatic heterocycles. The number of likely N-dealkylation sites (N-methyl/N-ethyl adjacent to an activating group) is 2. The highest BCUT2D eigenvalue weighted by Gasteiger charge is 2.42. The average molecular weight is 288 g/mol. The molecule has 1 aliphatic carbocycles. The molecule has 118 valence electrons. The maximum atomic E-state index is 3.61. The fraction of sp³-hybridized carbons (Fsp3) is 0.684. The van der Waals surface area contributed by atoms with Gasteiger partial charge >= 0.3 is 0 Å². The molecular formula is C19H32N2. The summed E-state index contributed by atoms with van der Waals surface area (Å²) in [6.07, 6.45) is 6.48. The normalized spacial score (nSPS) is 19.4. The fourth-order valence-corrected chi connectivity index (χ4v) is 3.93. The van der Waals surface area contributed by atoms with E-state index in [1.54, 1.807) is 0 Å². The predicted molar refractivity (Wildman–Crippen MR) is 92.0 cm³/mol. The molecule has 0 bridgehead atoms. The van der Waals surface area contributed by atoms with Crippen molar-refractivity contribution in [2.24, 2.45) is 0 Å². The van der Waals surface area contributed by atoms with Crippen LogP contribution >= 0.6 is 0 Å². The molecule has 1 aliphatic rings. The van der Waals surface area contributed by atoms with Crippen molar-refractivity contribution in [1.82, 2.24) is 10.2 Å². The van der Waals surface area contributed by atoms with Gasteiger partial charge in [0, 0.05) is 11.6 Å². The van der Waals surface area contributed by atoms with Crippen molar-refractivity contribution < 1.29 is 0 Å². The van der Waals surface area contributed by atoms with Gasteiger partial charge in [0.25, 0.3) is 0 Å². The predicted octanol–water partition coefficient (Wildman–Crippen LogP) is 3.81. The zero-order valence-corrected chi connectivity index (χ0v) is 14.4. The Morgan fingerprint density at radius 1 is 1.10 bits per heavy atom. The number of hydrogen-bond acceptors (Lipinski definition) is 2. The van der Waals surface area contributed by atoms with E-state index in [1.165, 1.54) is 36.8 Å². The third kappa shape index (κ3) is 3.49. The van der Waals surface area contributed by atoms with E-state index < -0.39 is 0 Å². The Balaban J connectivity index is 2.14.